The highest BCUT2D eigenvalue weighted by atomic mass is 32.1. The molecule has 0 bridgehead atoms. The molecule has 2 rings (SSSR count). The van der Waals surface area contributed by atoms with E-state index in [0.29, 0.717) is 11.4 Å². The maximum absolute atomic E-state index is 5.54. The Morgan fingerprint density at radius 3 is 3.06 bits per heavy atom. The maximum atomic E-state index is 5.54. The van der Waals surface area contributed by atoms with Crippen LogP contribution < -0.4 is 0 Å². The summed E-state index contributed by atoms with van der Waals surface area (Å²) in [5.74, 6) is 0. The highest BCUT2D eigenvalue weighted by molar-refractivity contribution is 7.71. The summed E-state index contributed by atoms with van der Waals surface area (Å²) in [5.41, 5.74) is 3.08. The number of imidazole rings is 1. The Kier molecular flexibility index (Phi) is 3.59. The molecule has 0 aliphatic rings. The highest BCUT2D eigenvalue weighted by Crippen LogP contribution is 2.16. The molecule has 0 saturated carbocycles. The lowest BCUT2D eigenvalue weighted by molar-refractivity contribution is 0.0644. The Labute approximate surface area is 106 Å². The molecule has 2 aromatic rings. The van der Waals surface area contributed by atoms with Crippen molar-refractivity contribution in [3.63, 3.8) is 0 Å². The third kappa shape index (κ3) is 2.40. The quantitative estimate of drug-likeness (QED) is 0.850. The van der Waals surface area contributed by atoms with Crippen molar-refractivity contribution < 1.29 is 4.74 Å². The van der Waals surface area contributed by atoms with E-state index in [-0.39, 0.29) is 6.10 Å². The molecule has 4 nitrogen and oxygen atoms in total. The van der Waals surface area contributed by atoms with Crippen LogP contribution >= 0.6 is 12.2 Å². The smallest absolute Gasteiger partial charge is 0.179 e. The van der Waals surface area contributed by atoms with Gasteiger partial charge in [0, 0.05) is 12.8 Å². The number of nitrogens with zero attached hydrogens (tertiary/aromatic N) is 2. The molecule has 92 valence electrons. The lowest BCUT2D eigenvalue weighted by atomic mass is 10.3. The van der Waals surface area contributed by atoms with Gasteiger partial charge >= 0.3 is 0 Å². The van der Waals surface area contributed by atoms with Gasteiger partial charge in [0.15, 0.2) is 10.4 Å². The van der Waals surface area contributed by atoms with E-state index in [9.17, 15) is 0 Å². The van der Waals surface area contributed by atoms with Gasteiger partial charge in [0.1, 0.15) is 0 Å². The number of hydrogen-bond acceptors (Lipinski definition) is 3. The normalized spacial score (nSPS) is 13.1. The summed E-state index contributed by atoms with van der Waals surface area (Å²) in [5, 5.41) is 0. The number of nitrogens with one attached hydrogen (secondary N) is 1. The van der Waals surface area contributed by atoms with E-state index in [4.69, 9.17) is 17.0 Å². The molecule has 0 aliphatic heterocycles. The van der Waals surface area contributed by atoms with Crippen molar-refractivity contribution in [1.82, 2.24) is 14.5 Å². The predicted molar refractivity (Wildman–Crippen MR) is 70.7 cm³/mol. The average molecular weight is 251 g/mol. The number of aryl methyl sites for hydroxylation is 1. The van der Waals surface area contributed by atoms with Crippen LogP contribution in [-0.4, -0.2) is 27.2 Å². The van der Waals surface area contributed by atoms with Crippen LogP contribution in [0.3, 0.4) is 0 Å². The van der Waals surface area contributed by atoms with Gasteiger partial charge in [-0.05, 0) is 44.6 Å². The average Bonchev–Trinajstić information content (AvgIpc) is 2.58. The van der Waals surface area contributed by atoms with Gasteiger partial charge in [-0.3, -0.25) is 4.57 Å². The van der Waals surface area contributed by atoms with E-state index in [0.717, 1.165) is 23.3 Å². The molecule has 2 heterocycles. The predicted octanol–water partition coefficient (Wildman–Crippen LogP) is 2.83. The Morgan fingerprint density at radius 1 is 1.59 bits per heavy atom. The van der Waals surface area contributed by atoms with E-state index in [1.807, 2.05) is 37.6 Å². The Balaban J connectivity index is 2.43. The molecule has 5 heteroatoms. The molecule has 0 amide bonds. The zero-order valence-corrected chi connectivity index (χ0v) is 11.2. The molecule has 0 aliphatic carbocycles. The van der Waals surface area contributed by atoms with Gasteiger partial charge in [0.2, 0.25) is 0 Å². The summed E-state index contributed by atoms with van der Waals surface area (Å²) in [7, 11) is 0. The van der Waals surface area contributed by atoms with Gasteiger partial charge in [-0.15, -0.1) is 0 Å². The van der Waals surface area contributed by atoms with Crippen molar-refractivity contribution in [2.24, 2.45) is 0 Å². The van der Waals surface area contributed by atoms with E-state index in [2.05, 4.69) is 9.97 Å². The van der Waals surface area contributed by atoms with Crippen LogP contribution in [0.4, 0.5) is 0 Å². The van der Waals surface area contributed by atoms with Crippen LogP contribution in [0.25, 0.3) is 11.2 Å². The van der Waals surface area contributed by atoms with E-state index < -0.39 is 0 Å². The Morgan fingerprint density at radius 2 is 2.35 bits per heavy atom. The number of rotatable bonds is 4. The van der Waals surface area contributed by atoms with Crippen LogP contribution in [0.15, 0.2) is 12.3 Å². The van der Waals surface area contributed by atoms with Crippen molar-refractivity contribution in [1.29, 1.82) is 0 Å². The molecule has 0 fully saturated rings. The van der Waals surface area contributed by atoms with Crippen molar-refractivity contribution in [2.45, 2.75) is 33.4 Å². The SMILES string of the molecule is CCOC(C)Cn1c(=S)[nH]c2c(C)ccnc21. The van der Waals surface area contributed by atoms with Crippen molar-refractivity contribution >= 4 is 23.4 Å². The zero-order valence-electron chi connectivity index (χ0n) is 10.4. The maximum Gasteiger partial charge on any atom is 0.179 e. The lowest BCUT2D eigenvalue weighted by Gasteiger charge is -2.12. The Hall–Kier alpha value is -1.20. The van der Waals surface area contributed by atoms with E-state index in [1.165, 1.54) is 0 Å². The summed E-state index contributed by atoms with van der Waals surface area (Å²) in [6.07, 6.45) is 1.94. The van der Waals surface area contributed by atoms with Crippen molar-refractivity contribution in [3.05, 3.63) is 22.6 Å². The summed E-state index contributed by atoms with van der Waals surface area (Å²) in [4.78, 5) is 7.59. The first-order valence-corrected chi connectivity index (χ1v) is 6.20. The van der Waals surface area contributed by atoms with Crippen LogP contribution in [0.2, 0.25) is 0 Å². The summed E-state index contributed by atoms with van der Waals surface area (Å²) in [6.45, 7) is 7.52. The molecule has 1 unspecified atom stereocenters. The summed E-state index contributed by atoms with van der Waals surface area (Å²) in [6, 6.07) is 1.98. The van der Waals surface area contributed by atoms with Gasteiger partial charge < -0.3 is 9.72 Å². The second-order valence-electron chi connectivity index (χ2n) is 4.13. The second-order valence-corrected chi connectivity index (χ2v) is 4.52. The summed E-state index contributed by atoms with van der Waals surface area (Å²) >= 11 is 5.33. The number of H-pyrrole nitrogens is 1. The van der Waals surface area contributed by atoms with Crippen LogP contribution in [0.5, 0.6) is 0 Å². The third-order valence-electron chi connectivity index (χ3n) is 2.76. The minimum atomic E-state index is 0.132. The largest absolute Gasteiger partial charge is 0.377 e. The molecule has 17 heavy (non-hydrogen) atoms. The zero-order chi connectivity index (χ0) is 12.4. The van der Waals surface area contributed by atoms with Gasteiger partial charge in [-0.2, -0.15) is 0 Å². The van der Waals surface area contributed by atoms with Gasteiger partial charge in [0.25, 0.3) is 0 Å². The molecule has 2 aromatic heterocycles. The molecule has 0 saturated heterocycles. The minimum absolute atomic E-state index is 0.132. The minimum Gasteiger partial charge on any atom is -0.377 e. The number of ether oxygens (including phenoxy) is 1. The highest BCUT2D eigenvalue weighted by Gasteiger charge is 2.10. The monoisotopic (exact) mass is 251 g/mol. The van der Waals surface area contributed by atoms with E-state index >= 15 is 0 Å². The van der Waals surface area contributed by atoms with Crippen LogP contribution in [-0.2, 0) is 11.3 Å². The topological polar surface area (TPSA) is 42.8 Å². The van der Waals surface area contributed by atoms with Crippen molar-refractivity contribution in [2.75, 3.05) is 6.61 Å². The summed E-state index contributed by atoms with van der Waals surface area (Å²) < 4.78 is 8.24. The lowest BCUT2D eigenvalue weighted by Crippen LogP contribution is -2.16. The third-order valence-corrected chi connectivity index (χ3v) is 3.09. The molecular formula is C12H17N3OS. The van der Waals surface area contributed by atoms with Gasteiger partial charge in [0.05, 0.1) is 18.2 Å². The second kappa shape index (κ2) is 4.98. The number of aromatic nitrogens is 3. The fraction of sp³-hybridized carbons (Fsp3) is 0.500. The molecular weight excluding hydrogens is 234 g/mol. The number of pyridine rings is 1. The van der Waals surface area contributed by atoms with Crippen molar-refractivity contribution in [3.8, 4) is 0 Å². The number of hydrogen-bond donors (Lipinski definition) is 1. The number of aromatic amines is 1. The van der Waals surface area contributed by atoms with Crippen LogP contribution in [0, 0.1) is 11.7 Å². The fourth-order valence-electron chi connectivity index (χ4n) is 1.94. The number of fused-ring (bicyclic) bond motifs is 1. The molecule has 1 atom stereocenters. The molecule has 1 N–H and O–H groups in total. The van der Waals surface area contributed by atoms with E-state index in [1.54, 1.807) is 0 Å². The first kappa shape index (κ1) is 12.3. The fourth-order valence-corrected chi connectivity index (χ4v) is 2.20. The van der Waals surface area contributed by atoms with Gasteiger partial charge in [-0.1, -0.05) is 0 Å². The first-order chi connectivity index (χ1) is 8.13. The molecule has 0 radical (unpaired) electrons. The van der Waals surface area contributed by atoms with Gasteiger partial charge in [-0.25, -0.2) is 4.98 Å². The van der Waals surface area contributed by atoms with Crippen LogP contribution in [0.1, 0.15) is 19.4 Å². The molecule has 0 spiro atoms. The molecule has 0 aromatic carbocycles. The Bertz CT molecular complexity index is 573. The first-order valence-electron chi connectivity index (χ1n) is 5.79. The standard InChI is InChI=1S/C12H17N3OS/c1-4-16-9(3)7-15-11-10(14-12(15)17)8(2)5-6-13-11/h5-6,9H,4,7H2,1-3H3,(H,14,17).